The van der Waals surface area contributed by atoms with Crippen LogP contribution >= 0.6 is 11.6 Å². The van der Waals surface area contributed by atoms with Crippen molar-refractivity contribution < 1.29 is 4.79 Å². The van der Waals surface area contributed by atoms with E-state index in [0.717, 1.165) is 35.6 Å². The van der Waals surface area contributed by atoms with Crippen LogP contribution < -0.4 is 0 Å². The molecule has 0 saturated heterocycles. The first-order chi connectivity index (χ1) is 10.5. The van der Waals surface area contributed by atoms with E-state index in [9.17, 15) is 4.79 Å². The molecule has 0 heterocycles. The van der Waals surface area contributed by atoms with Gasteiger partial charge in [0, 0.05) is 11.5 Å². The maximum absolute atomic E-state index is 11.7. The lowest BCUT2D eigenvalue weighted by molar-refractivity contribution is -0.115. The monoisotopic (exact) mass is 318 g/mol. The number of hydrogen-bond acceptors (Lipinski definition) is 1. The number of carbonyl (C=O) groups is 1. The van der Waals surface area contributed by atoms with Gasteiger partial charge in [0.15, 0.2) is 5.78 Å². The van der Waals surface area contributed by atoms with Crippen molar-refractivity contribution in [3.63, 3.8) is 0 Å². The van der Waals surface area contributed by atoms with Gasteiger partial charge >= 0.3 is 0 Å². The number of rotatable bonds is 0. The van der Waals surface area contributed by atoms with Crippen LogP contribution in [0.25, 0.3) is 0 Å². The van der Waals surface area contributed by atoms with Crippen LogP contribution in [0.3, 0.4) is 0 Å². The molecule has 0 aromatic carbocycles. The van der Waals surface area contributed by atoms with Gasteiger partial charge in [-0.15, -0.1) is 0 Å². The fourth-order valence-electron chi connectivity index (χ4n) is 6.56. The predicted octanol–water partition coefficient (Wildman–Crippen LogP) is 5.64. The molecule has 3 saturated carbocycles. The molecule has 4 rings (SSSR count). The zero-order valence-electron chi connectivity index (χ0n) is 13.8. The second-order valence-corrected chi connectivity index (χ2v) is 8.88. The predicted molar refractivity (Wildman–Crippen MR) is 90.6 cm³/mol. The first-order valence-electron chi connectivity index (χ1n) is 9.10. The third kappa shape index (κ3) is 2.08. The summed E-state index contributed by atoms with van der Waals surface area (Å²) in [6, 6.07) is 0. The summed E-state index contributed by atoms with van der Waals surface area (Å²) in [6.45, 7) is 4.57. The van der Waals surface area contributed by atoms with E-state index >= 15 is 0 Å². The van der Waals surface area contributed by atoms with Crippen LogP contribution in [0.4, 0.5) is 0 Å². The van der Waals surface area contributed by atoms with Crippen LogP contribution in [-0.2, 0) is 4.79 Å². The third-order valence-corrected chi connectivity index (χ3v) is 7.73. The fraction of sp³-hybridized carbons (Fsp3) is 0.750. The molecule has 0 bridgehead atoms. The molecule has 0 amide bonds. The number of halogens is 1. The molecule has 1 nitrogen and oxygen atoms in total. The molecule has 3 fully saturated rings. The van der Waals surface area contributed by atoms with Crippen molar-refractivity contribution in [2.24, 2.45) is 29.1 Å². The molecule has 120 valence electrons. The van der Waals surface area contributed by atoms with Crippen LogP contribution in [0.1, 0.15) is 65.2 Å². The third-order valence-electron chi connectivity index (χ3n) is 7.50. The molecule has 0 radical (unpaired) electrons. The van der Waals surface area contributed by atoms with Gasteiger partial charge in [-0.3, -0.25) is 4.79 Å². The van der Waals surface area contributed by atoms with Crippen LogP contribution in [0.15, 0.2) is 22.3 Å². The van der Waals surface area contributed by atoms with Crippen molar-refractivity contribution in [1.29, 1.82) is 0 Å². The minimum Gasteiger partial charge on any atom is -0.295 e. The highest BCUT2D eigenvalue weighted by Crippen LogP contribution is 2.64. The molecular weight excluding hydrogens is 292 g/mol. The number of ketones is 1. The Morgan fingerprint density at radius 3 is 2.73 bits per heavy atom. The van der Waals surface area contributed by atoms with Gasteiger partial charge in [0.25, 0.3) is 0 Å². The normalized spacial score (nSPS) is 46.5. The van der Waals surface area contributed by atoms with Gasteiger partial charge in [0.2, 0.25) is 0 Å². The quantitative estimate of drug-likeness (QED) is 0.564. The van der Waals surface area contributed by atoms with E-state index in [1.165, 1.54) is 44.1 Å². The first-order valence-corrected chi connectivity index (χ1v) is 9.47. The molecule has 22 heavy (non-hydrogen) atoms. The van der Waals surface area contributed by atoms with Gasteiger partial charge in [0.05, 0.1) is 0 Å². The van der Waals surface area contributed by atoms with Crippen molar-refractivity contribution >= 4 is 17.4 Å². The fourth-order valence-corrected chi connectivity index (χ4v) is 6.87. The summed E-state index contributed by atoms with van der Waals surface area (Å²) in [5.41, 5.74) is 3.40. The average Bonchev–Trinajstić information content (AvgIpc) is 2.84. The summed E-state index contributed by atoms with van der Waals surface area (Å²) >= 11 is 6.43. The van der Waals surface area contributed by atoms with Gasteiger partial charge < -0.3 is 0 Å². The van der Waals surface area contributed by atoms with Crippen molar-refractivity contribution in [2.75, 3.05) is 0 Å². The minimum atomic E-state index is 0.360. The van der Waals surface area contributed by atoms with E-state index in [4.69, 9.17) is 11.6 Å². The highest BCUT2D eigenvalue weighted by atomic mass is 35.5. The SMILES string of the molecule is C/C(Cl)=C1\CC[C@H]2[C@@H]3CCC4=CC(=O)CC[C@@H]4[C@H]3CC[C@]12C. The van der Waals surface area contributed by atoms with Crippen LogP contribution in [0.2, 0.25) is 0 Å². The molecule has 2 heteroatoms. The Morgan fingerprint density at radius 1 is 1.14 bits per heavy atom. The van der Waals surface area contributed by atoms with Crippen LogP contribution in [0.5, 0.6) is 0 Å². The first kappa shape index (κ1) is 15.0. The zero-order chi connectivity index (χ0) is 15.5. The summed E-state index contributed by atoms with van der Waals surface area (Å²) in [7, 11) is 0. The number of fused-ring (bicyclic) bond motifs is 5. The topological polar surface area (TPSA) is 17.1 Å². The van der Waals surface area contributed by atoms with E-state index in [1.54, 1.807) is 5.57 Å². The maximum Gasteiger partial charge on any atom is 0.155 e. The largest absolute Gasteiger partial charge is 0.295 e. The number of hydrogen-bond donors (Lipinski definition) is 0. The molecule has 5 atom stereocenters. The van der Waals surface area contributed by atoms with Crippen LogP contribution in [0, 0.1) is 29.1 Å². The highest BCUT2D eigenvalue weighted by Gasteiger charge is 2.54. The van der Waals surface area contributed by atoms with Crippen molar-refractivity contribution in [3.05, 3.63) is 22.3 Å². The van der Waals surface area contributed by atoms with Crippen LogP contribution in [-0.4, -0.2) is 5.78 Å². The number of carbonyl (C=O) groups excluding carboxylic acids is 1. The average molecular weight is 319 g/mol. The van der Waals surface area contributed by atoms with Crippen molar-refractivity contribution in [1.82, 2.24) is 0 Å². The van der Waals surface area contributed by atoms with E-state index in [-0.39, 0.29) is 0 Å². The molecule has 0 aromatic rings. The van der Waals surface area contributed by atoms with E-state index < -0.39 is 0 Å². The Morgan fingerprint density at radius 2 is 1.95 bits per heavy atom. The molecule has 0 spiro atoms. The molecular formula is C20H27ClO. The Kier molecular flexibility index (Phi) is 3.56. The molecule has 0 aliphatic heterocycles. The summed E-state index contributed by atoms with van der Waals surface area (Å²) in [5.74, 6) is 3.61. The summed E-state index contributed by atoms with van der Waals surface area (Å²) in [5, 5.41) is 1.06. The molecule has 4 aliphatic carbocycles. The number of allylic oxidation sites excluding steroid dienone is 3. The molecule has 4 aliphatic rings. The Labute approximate surface area is 139 Å². The van der Waals surface area contributed by atoms with Gasteiger partial charge in [-0.25, -0.2) is 0 Å². The van der Waals surface area contributed by atoms with Gasteiger partial charge in [0.1, 0.15) is 0 Å². The minimum absolute atomic E-state index is 0.360. The smallest absolute Gasteiger partial charge is 0.155 e. The zero-order valence-corrected chi connectivity index (χ0v) is 14.6. The van der Waals surface area contributed by atoms with E-state index in [1.807, 2.05) is 6.08 Å². The second kappa shape index (κ2) is 5.23. The summed E-state index contributed by atoms with van der Waals surface area (Å²) in [6.07, 6.45) is 11.6. The summed E-state index contributed by atoms with van der Waals surface area (Å²) < 4.78 is 0. The summed E-state index contributed by atoms with van der Waals surface area (Å²) in [4.78, 5) is 11.7. The van der Waals surface area contributed by atoms with Crippen molar-refractivity contribution in [2.45, 2.75) is 65.2 Å². The standard InChI is InChI=1S/C20H27ClO/c1-12(21)18-7-8-19-17-5-3-13-11-14(22)4-6-15(13)16(17)9-10-20(18,19)2/h11,15-17,19H,3-10H2,1-2H3/b18-12-/t15-,16+,17+,19-,20+/m0/s1. The van der Waals surface area contributed by atoms with E-state index in [0.29, 0.717) is 17.1 Å². The van der Waals surface area contributed by atoms with Gasteiger partial charge in [-0.1, -0.05) is 24.1 Å². The Bertz CT molecular complexity index is 568. The second-order valence-electron chi connectivity index (χ2n) is 8.31. The lowest BCUT2D eigenvalue weighted by atomic mass is 9.52. The molecule has 0 N–H and O–H groups in total. The van der Waals surface area contributed by atoms with Gasteiger partial charge in [-0.05, 0) is 92.6 Å². The van der Waals surface area contributed by atoms with E-state index in [2.05, 4.69) is 13.8 Å². The molecule has 0 aromatic heterocycles. The lowest BCUT2D eigenvalue weighted by Gasteiger charge is -2.53. The Hall–Kier alpha value is -0.560. The lowest BCUT2D eigenvalue weighted by Crippen LogP contribution is -2.45. The maximum atomic E-state index is 11.7. The highest BCUT2D eigenvalue weighted by molar-refractivity contribution is 6.29. The van der Waals surface area contributed by atoms with Gasteiger partial charge in [-0.2, -0.15) is 0 Å². The molecule has 0 unspecified atom stereocenters. The Balaban J connectivity index is 1.65. The van der Waals surface area contributed by atoms with Crippen molar-refractivity contribution in [3.8, 4) is 0 Å².